The summed E-state index contributed by atoms with van der Waals surface area (Å²) in [5.74, 6) is 2.55. The van der Waals surface area contributed by atoms with E-state index in [0.29, 0.717) is 36.3 Å². The highest BCUT2D eigenvalue weighted by molar-refractivity contribution is 7.98. The van der Waals surface area contributed by atoms with Gasteiger partial charge in [0.2, 0.25) is 5.91 Å². The van der Waals surface area contributed by atoms with Crippen molar-refractivity contribution in [3.8, 4) is 12.3 Å². The van der Waals surface area contributed by atoms with Crippen LogP contribution in [0.15, 0.2) is 16.8 Å². The largest absolute Gasteiger partial charge is 0.480 e. The number of nitrogens with zero attached hydrogens (tertiary/aromatic N) is 1. The number of hydrogen-bond donors (Lipinski definition) is 4. The van der Waals surface area contributed by atoms with E-state index in [4.69, 9.17) is 11.3 Å². The van der Waals surface area contributed by atoms with Crippen LogP contribution in [0.5, 0.6) is 0 Å². The van der Waals surface area contributed by atoms with Crippen LogP contribution in [0.4, 0.5) is 0 Å². The van der Waals surface area contributed by atoms with E-state index in [1.54, 1.807) is 13.8 Å². The minimum Gasteiger partial charge on any atom is -0.480 e. The van der Waals surface area contributed by atoms with Gasteiger partial charge in [-0.05, 0) is 105 Å². The molecule has 2 amide bonds. The second-order valence-electron chi connectivity index (χ2n) is 13.8. The van der Waals surface area contributed by atoms with Gasteiger partial charge in [0.1, 0.15) is 17.7 Å². The lowest BCUT2D eigenvalue weighted by atomic mass is 9.46. The molecule has 3 saturated carbocycles. The Morgan fingerprint density at radius 3 is 2.51 bits per heavy atom. The molecule has 0 spiro atoms. The average Bonchev–Trinajstić information content (AvgIpc) is 3.24. The number of oxime groups is 1. The van der Waals surface area contributed by atoms with Crippen molar-refractivity contribution in [2.45, 2.75) is 103 Å². The van der Waals surface area contributed by atoms with Crippen LogP contribution in [0.25, 0.3) is 0 Å². The number of nitrogens with one attached hydrogen (secondary N) is 2. The summed E-state index contributed by atoms with van der Waals surface area (Å²) in [5, 5.41) is 30.2. The summed E-state index contributed by atoms with van der Waals surface area (Å²) in [7, 11) is 0. The molecule has 0 aromatic rings. The molecule has 4 rings (SSSR count). The van der Waals surface area contributed by atoms with Gasteiger partial charge >= 0.3 is 5.97 Å². The number of thioether (sulfide) groups is 1. The third-order valence-corrected chi connectivity index (χ3v) is 11.9. The van der Waals surface area contributed by atoms with Crippen LogP contribution in [0.1, 0.15) is 85.5 Å². The van der Waals surface area contributed by atoms with Crippen LogP contribution in [0, 0.1) is 46.8 Å². The highest BCUT2D eigenvalue weighted by atomic mass is 32.2. The van der Waals surface area contributed by atoms with E-state index < -0.39 is 35.5 Å². The Labute approximate surface area is 260 Å². The standard InChI is InChI=1S/C33H49N3O6S/c1-7-33(41)16-12-25-23-9-8-21-18-22(10-14-31(21,4)24(23)11-15-32(25,33)5)36-42-19-27(37)35-28(20(2)3)29(38)34-26(30(39)40)13-17-43-6/h1,18,20,23-26,28,41H,8-17,19H2,2-6H3,(H,34,38)(H,35,37)(H,39,40)/b36-22+/t23-,24+,25+,26-,28-,31+,32+,33-/m1/s1. The molecule has 0 aromatic heterocycles. The summed E-state index contributed by atoms with van der Waals surface area (Å²) in [6, 6.07) is -1.90. The molecule has 0 aromatic carbocycles. The first-order valence-corrected chi connectivity index (χ1v) is 17.1. The lowest BCUT2D eigenvalue weighted by Crippen LogP contribution is -2.54. The summed E-state index contributed by atoms with van der Waals surface area (Å²) in [6.07, 6.45) is 17.6. The molecule has 0 radical (unpaired) electrons. The van der Waals surface area contributed by atoms with Gasteiger partial charge in [0, 0.05) is 5.41 Å². The number of hydrogen-bond acceptors (Lipinski definition) is 7. The highest BCUT2D eigenvalue weighted by Crippen LogP contribution is 2.67. The van der Waals surface area contributed by atoms with Crippen molar-refractivity contribution in [1.82, 2.24) is 10.6 Å². The number of allylic oxidation sites excluding steroid dienone is 2. The monoisotopic (exact) mass is 615 g/mol. The molecule has 4 aliphatic carbocycles. The Morgan fingerprint density at radius 1 is 1.14 bits per heavy atom. The average molecular weight is 616 g/mol. The normalized spacial score (nSPS) is 35.4. The number of aliphatic carboxylic acids is 1. The minimum absolute atomic E-state index is 0.0823. The molecule has 4 aliphatic rings. The second kappa shape index (κ2) is 13.2. The molecule has 0 bridgehead atoms. The van der Waals surface area contributed by atoms with E-state index in [0.717, 1.165) is 50.7 Å². The minimum atomic E-state index is -1.10. The topological polar surface area (TPSA) is 137 Å². The molecule has 0 saturated heterocycles. The van der Waals surface area contributed by atoms with Gasteiger partial charge in [0.15, 0.2) is 6.61 Å². The van der Waals surface area contributed by atoms with E-state index >= 15 is 0 Å². The number of terminal acetylenes is 1. The number of carboxylic acid groups (broad SMARTS) is 1. The number of carbonyl (C=O) groups is 3. The number of aliphatic hydroxyl groups is 1. The predicted octanol–water partition coefficient (Wildman–Crippen LogP) is 4.15. The van der Waals surface area contributed by atoms with Gasteiger partial charge in [0.05, 0.1) is 5.71 Å². The van der Waals surface area contributed by atoms with Crippen LogP contribution in [-0.4, -0.2) is 70.0 Å². The molecule has 10 heteroatoms. The molecule has 43 heavy (non-hydrogen) atoms. The summed E-state index contributed by atoms with van der Waals surface area (Å²) in [5.41, 5.74) is 1.09. The number of fused-ring (bicyclic) bond motifs is 5. The van der Waals surface area contributed by atoms with Gasteiger partial charge in [-0.25, -0.2) is 4.79 Å². The molecule has 0 heterocycles. The molecular formula is C33H49N3O6S. The molecule has 0 unspecified atom stereocenters. The molecule has 3 fully saturated rings. The van der Waals surface area contributed by atoms with Crippen LogP contribution in [0.3, 0.4) is 0 Å². The van der Waals surface area contributed by atoms with Crippen LogP contribution < -0.4 is 10.6 Å². The Hall–Kier alpha value is -2.51. The number of carbonyl (C=O) groups excluding carboxylic acids is 2. The molecule has 4 N–H and O–H groups in total. The maximum Gasteiger partial charge on any atom is 0.326 e. The first kappa shape index (κ1) is 33.4. The van der Waals surface area contributed by atoms with Crippen molar-refractivity contribution in [3.63, 3.8) is 0 Å². The quantitative estimate of drug-likeness (QED) is 0.202. The van der Waals surface area contributed by atoms with Gasteiger partial charge in [-0.15, -0.1) is 6.42 Å². The highest BCUT2D eigenvalue weighted by Gasteiger charge is 2.63. The first-order chi connectivity index (χ1) is 20.3. The molecule has 0 aliphatic heterocycles. The Balaban J connectivity index is 1.34. The van der Waals surface area contributed by atoms with E-state index in [1.807, 2.05) is 6.26 Å². The molecule has 238 valence electrons. The first-order valence-electron chi connectivity index (χ1n) is 15.7. The third-order valence-electron chi connectivity index (χ3n) is 11.2. The van der Waals surface area contributed by atoms with E-state index in [-0.39, 0.29) is 23.4 Å². The van der Waals surface area contributed by atoms with Crippen LogP contribution in [-0.2, 0) is 19.2 Å². The summed E-state index contributed by atoms with van der Waals surface area (Å²) < 4.78 is 0. The Bertz CT molecular complexity index is 1200. The number of rotatable bonds is 11. The van der Waals surface area contributed by atoms with Crippen molar-refractivity contribution in [2.75, 3.05) is 18.6 Å². The second-order valence-corrected chi connectivity index (χ2v) is 14.8. The van der Waals surface area contributed by atoms with Gasteiger partial charge in [-0.2, -0.15) is 11.8 Å². The number of amides is 2. The third kappa shape index (κ3) is 6.49. The zero-order chi connectivity index (χ0) is 31.6. The fourth-order valence-electron chi connectivity index (χ4n) is 8.57. The van der Waals surface area contributed by atoms with Crippen LogP contribution in [0.2, 0.25) is 0 Å². The van der Waals surface area contributed by atoms with Crippen LogP contribution >= 0.6 is 11.8 Å². The van der Waals surface area contributed by atoms with E-state index in [1.165, 1.54) is 17.3 Å². The zero-order valence-electron chi connectivity index (χ0n) is 26.3. The maximum atomic E-state index is 12.8. The molecule has 8 atom stereocenters. The smallest absolute Gasteiger partial charge is 0.326 e. The fourth-order valence-corrected chi connectivity index (χ4v) is 9.05. The lowest BCUT2D eigenvalue weighted by Gasteiger charge is -2.58. The van der Waals surface area contributed by atoms with Gasteiger partial charge in [0.25, 0.3) is 5.91 Å². The van der Waals surface area contributed by atoms with Crippen molar-refractivity contribution in [2.24, 2.45) is 39.7 Å². The van der Waals surface area contributed by atoms with Gasteiger partial charge in [-0.3, -0.25) is 9.59 Å². The fraction of sp³-hybridized carbons (Fsp3) is 0.758. The van der Waals surface area contributed by atoms with Crippen molar-refractivity contribution in [3.05, 3.63) is 11.6 Å². The van der Waals surface area contributed by atoms with Crippen molar-refractivity contribution < 1.29 is 29.4 Å². The van der Waals surface area contributed by atoms with Gasteiger partial charge < -0.3 is 25.7 Å². The summed E-state index contributed by atoms with van der Waals surface area (Å²) in [6.45, 7) is 7.84. The Morgan fingerprint density at radius 2 is 1.86 bits per heavy atom. The predicted molar refractivity (Wildman–Crippen MR) is 168 cm³/mol. The SMILES string of the molecule is C#C[C@@]1(O)CC[C@H]2[C@@H]3CCC4=C/C(=N/OCC(=O)N[C@@H](C(=O)N[C@H](CCSC)C(=O)O)C(C)C)CC[C@]4(C)[C@H]3CC[C@@]21C. The zero-order valence-corrected chi connectivity index (χ0v) is 27.1. The molecule has 9 nitrogen and oxygen atoms in total. The number of carboxylic acids is 1. The van der Waals surface area contributed by atoms with E-state index in [9.17, 15) is 24.6 Å². The van der Waals surface area contributed by atoms with Crippen molar-refractivity contribution >= 4 is 35.3 Å². The summed E-state index contributed by atoms with van der Waals surface area (Å²) >= 11 is 1.50. The van der Waals surface area contributed by atoms with E-state index in [2.05, 4.69) is 41.6 Å². The lowest BCUT2D eigenvalue weighted by molar-refractivity contribution is -0.142. The Kier molecular flexibility index (Phi) is 10.3. The van der Waals surface area contributed by atoms with Crippen molar-refractivity contribution in [1.29, 1.82) is 0 Å². The maximum absolute atomic E-state index is 12.8. The van der Waals surface area contributed by atoms with Gasteiger partial charge in [-0.1, -0.05) is 44.3 Å². The summed E-state index contributed by atoms with van der Waals surface area (Å²) in [4.78, 5) is 42.5. The molecular weight excluding hydrogens is 566 g/mol.